The average molecular weight is 433 g/mol. The van der Waals surface area contributed by atoms with Crippen molar-refractivity contribution >= 4 is 27.6 Å². The highest BCUT2D eigenvalue weighted by molar-refractivity contribution is 5.92. The summed E-state index contributed by atoms with van der Waals surface area (Å²) in [4.78, 5) is 37.8. The Balaban J connectivity index is 1.86. The van der Waals surface area contributed by atoms with Gasteiger partial charge in [0.15, 0.2) is 0 Å². The molecular formula is C24H19NO7. The first-order valence-electron chi connectivity index (χ1n) is 10.0. The minimum atomic E-state index is -1.60. The molecule has 1 aliphatic heterocycles. The van der Waals surface area contributed by atoms with Crippen molar-refractivity contribution < 1.29 is 18.7 Å². The minimum Gasteiger partial charge on any atom is -0.463 e. The van der Waals surface area contributed by atoms with Crippen molar-refractivity contribution in [3.05, 3.63) is 83.4 Å². The van der Waals surface area contributed by atoms with Gasteiger partial charge < -0.3 is 18.7 Å². The van der Waals surface area contributed by atoms with Gasteiger partial charge in [-0.1, -0.05) is 0 Å². The molecule has 32 heavy (non-hydrogen) atoms. The lowest BCUT2D eigenvalue weighted by Crippen LogP contribution is -2.26. The molecule has 1 N–H and O–H groups in total. The standard InChI is InChI=1S/C24H19NO7/c1-9-5-13-15(7-11(9)3)30-23(27)18(20(13)25-29)17-19-21(32-22(17)26)14-6-10(2)12(4)8-16(14)31-24(19)28/h5-8,17,22,26H,1-4H3. The molecule has 1 aliphatic rings. The maximum absolute atomic E-state index is 13.0. The van der Waals surface area contributed by atoms with Crippen LogP contribution in [-0.2, 0) is 0 Å². The van der Waals surface area contributed by atoms with Crippen LogP contribution in [0.1, 0.15) is 39.3 Å². The molecule has 5 rings (SSSR count). The normalized spacial score (nSPS) is 17.5. The van der Waals surface area contributed by atoms with Gasteiger partial charge in [-0.25, -0.2) is 9.59 Å². The molecule has 0 bridgehead atoms. The monoisotopic (exact) mass is 433 g/mol. The van der Waals surface area contributed by atoms with Crippen LogP contribution in [0.25, 0.3) is 21.9 Å². The first-order valence-corrected chi connectivity index (χ1v) is 10.0. The number of ether oxygens (including phenoxy) is 1. The second-order valence-corrected chi connectivity index (χ2v) is 8.23. The number of aliphatic hydroxyl groups is 1. The van der Waals surface area contributed by atoms with E-state index in [2.05, 4.69) is 5.18 Å². The summed E-state index contributed by atoms with van der Waals surface area (Å²) in [5.74, 6) is -1.17. The van der Waals surface area contributed by atoms with E-state index in [-0.39, 0.29) is 28.1 Å². The second-order valence-electron chi connectivity index (χ2n) is 8.23. The molecule has 2 aromatic carbocycles. The summed E-state index contributed by atoms with van der Waals surface area (Å²) in [6.07, 6.45) is -1.60. The number of nitroso groups, excluding NO2 is 1. The summed E-state index contributed by atoms with van der Waals surface area (Å²) in [6.45, 7) is 7.47. The van der Waals surface area contributed by atoms with Crippen molar-refractivity contribution in [2.45, 2.75) is 39.9 Å². The van der Waals surface area contributed by atoms with Gasteiger partial charge >= 0.3 is 11.3 Å². The van der Waals surface area contributed by atoms with E-state index in [1.165, 1.54) is 0 Å². The van der Waals surface area contributed by atoms with Crippen LogP contribution >= 0.6 is 0 Å². The summed E-state index contributed by atoms with van der Waals surface area (Å²) in [5, 5.41) is 14.7. The molecule has 0 amide bonds. The van der Waals surface area contributed by atoms with Crippen molar-refractivity contribution in [3.8, 4) is 5.75 Å². The van der Waals surface area contributed by atoms with Crippen LogP contribution in [0.2, 0.25) is 0 Å². The molecular weight excluding hydrogens is 414 g/mol. The third kappa shape index (κ3) is 2.73. The molecule has 0 spiro atoms. The van der Waals surface area contributed by atoms with Crippen LogP contribution in [0.5, 0.6) is 5.75 Å². The summed E-state index contributed by atoms with van der Waals surface area (Å²) in [5.41, 5.74) is 1.96. The first-order chi connectivity index (χ1) is 15.2. The van der Waals surface area contributed by atoms with Crippen molar-refractivity contribution in [1.82, 2.24) is 0 Å². The summed E-state index contributed by atoms with van der Waals surface area (Å²) in [6, 6.07) is 6.83. The quantitative estimate of drug-likeness (QED) is 0.368. The first kappa shape index (κ1) is 20.1. The molecule has 0 fully saturated rings. The Kier molecular flexibility index (Phi) is 4.32. The molecule has 4 aromatic rings. The molecule has 2 aromatic heterocycles. The van der Waals surface area contributed by atoms with Crippen LogP contribution in [0.15, 0.2) is 47.9 Å². The van der Waals surface area contributed by atoms with Gasteiger partial charge in [-0.05, 0) is 79.4 Å². The third-order valence-electron chi connectivity index (χ3n) is 6.27. The van der Waals surface area contributed by atoms with E-state index in [1.54, 1.807) is 24.3 Å². The number of benzene rings is 2. The zero-order valence-corrected chi connectivity index (χ0v) is 17.8. The number of aryl methyl sites for hydroxylation is 4. The molecule has 0 aliphatic carbocycles. The van der Waals surface area contributed by atoms with Gasteiger partial charge in [0.2, 0.25) is 6.29 Å². The van der Waals surface area contributed by atoms with Crippen molar-refractivity contribution in [2.75, 3.05) is 0 Å². The molecule has 8 nitrogen and oxygen atoms in total. The number of fused-ring (bicyclic) bond motifs is 4. The Labute approximate surface area is 181 Å². The van der Waals surface area contributed by atoms with Crippen molar-refractivity contribution in [3.63, 3.8) is 0 Å². The largest absolute Gasteiger partial charge is 0.463 e. The fourth-order valence-corrected chi connectivity index (χ4v) is 4.29. The number of rotatable bonds is 2. The number of nitrogens with zero attached hydrogens (tertiary/aromatic N) is 1. The fraction of sp³-hybridized carbons (Fsp3) is 0.250. The number of aliphatic hydroxyl groups excluding tert-OH is 1. The van der Waals surface area contributed by atoms with Gasteiger partial charge in [-0.2, -0.15) is 0 Å². The van der Waals surface area contributed by atoms with Gasteiger partial charge in [-0.15, -0.1) is 4.91 Å². The zero-order chi connectivity index (χ0) is 22.9. The smallest absolute Gasteiger partial charge is 0.344 e. The van der Waals surface area contributed by atoms with Crippen LogP contribution in [0, 0.1) is 32.6 Å². The van der Waals surface area contributed by atoms with E-state index in [4.69, 9.17) is 13.6 Å². The predicted octanol–water partition coefficient (Wildman–Crippen LogP) is 4.37. The molecule has 2 unspecified atom stereocenters. The van der Waals surface area contributed by atoms with Crippen molar-refractivity contribution in [2.24, 2.45) is 5.18 Å². The molecule has 0 saturated carbocycles. The maximum Gasteiger partial charge on any atom is 0.344 e. The van der Waals surface area contributed by atoms with E-state index >= 15 is 0 Å². The fourth-order valence-electron chi connectivity index (χ4n) is 4.29. The zero-order valence-electron chi connectivity index (χ0n) is 17.8. The lowest BCUT2D eigenvalue weighted by Gasteiger charge is -2.15. The topological polar surface area (TPSA) is 119 Å². The Hall–Kier alpha value is -3.78. The summed E-state index contributed by atoms with van der Waals surface area (Å²) >= 11 is 0. The third-order valence-corrected chi connectivity index (χ3v) is 6.27. The maximum atomic E-state index is 13.0. The Morgan fingerprint density at radius 2 is 1.28 bits per heavy atom. The number of hydrogen-bond acceptors (Lipinski definition) is 8. The van der Waals surface area contributed by atoms with Gasteiger partial charge in [0.25, 0.3) is 0 Å². The summed E-state index contributed by atoms with van der Waals surface area (Å²) in [7, 11) is 0. The van der Waals surface area contributed by atoms with E-state index in [0.29, 0.717) is 16.4 Å². The van der Waals surface area contributed by atoms with Gasteiger partial charge in [0.1, 0.15) is 22.6 Å². The van der Waals surface area contributed by atoms with E-state index in [1.807, 2.05) is 27.7 Å². The minimum absolute atomic E-state index is 0.0476. The van der Waals surface area contributed by atoms with E-state index in [0.717, 1.165) is 22.3 Å². The highest BCUT2D eigenvalue weighted by Crippen LogP contribution is 2.46. The van der Waals surface area contributed by atoms with E-state index < -0.39 is 23.5 Å². The van der Waals surface area contributed by atoms with Crippen LogP contribution < -0.4 is 16.0 Å². The van der Waals surface area contributed by atoms with Gasteiger partial charge in [0, 0.05) is 5.39 Å². The average Bonchev–Trinajstić information content (AvgIpc) is 3.07. The molecule has 0 saturated heterocycles. The van der Waals surface area contributed by atoms with E-state index in [9.17, 15) is 19.6 Å². The SMILES string of the molecule is Cc1cc2oc(=O)c(C3c4c(c5cc(C)c(C)cc5oc4=O)OC3O)c(N=O)c2cc1C. The van der Waals surface area contributed by atoms with Crippen molar-refractivity contribution in [1.29, 1.82) is 0 Å². The van der Waals surface area contributed by atoms with Crippen LogP contribution in [-0.4, -0.2) is 11.4 Å². The summed E-state index contributed by atoms with van der Waals surface area (Å²) < 4.78 is 16.6. The molecule has 3 heterocycles. The second kappa shape index (κ2) is 6.86. The Morgan fingerprint density at radius 1 is 0.781 bits per heavy atom. The highest BCUT2D eigenvalue weighted by atomic mass is 16.6. The van der Waals surface area contributed by atoms with Gasteiger partial charge in [0.05, 0.1) is 22.4 Å². The molecule has 8 heteroatoms. The predicted molar refractivity (Wildman–Crippen MR) is 118 cm³/mol. The number of hydrogen-bond donors (Lipinski definition) is 1. The lowest BCUT2D eigenvalue weighted by atomic mass is 9.90. The van der Waals surface area contributed by atoms with Crippen LogP contribution in [0.4, 0.5) is 5.69 Å². The highest BCUT2D eigenvalue weighted by Gasteiger charge is 2.43. The Bertz CT molecular complexity index is 1580. The molecule has 162 valence electrons. The lowest BCUT2D eigenvalue weighted by molar-refractivity contribution is -0.00935. The molecule has 0 radical (unpaired) electrons. The molecule has 2 atom stereocenters. The van der Waals surface area contributed by atoms with Gasteiger partial charge in [-0.3, -0.25) is 0 Å². The van der Waals surface area contributed by atoms with Crippen LogP contribution in [0.3, 0.4) is 0 Å². The Morgan fingerprint density at radius 3 is 1.88 bits per heavy atom.